The van der Waals surface area contributed by atoms with Crippen LogP contribution >= 0.6 is 11.8 Å². The van der Waals surface area contributed by atoms with Crippen LogP contribution in [0.2, 0.25) is 0 Å². The van der Waals surface area contributed by atoms with E-state index in [0.717, 1.165) is 5.56 Å². The van der Waals surface area contributed by atoms with Crippen molar-refractivity contribution < 1.29 is 4.52 Å². The van der Waals surface area contributed by atoms with Gasteiger partial charge in [-0.2, -0.15) is 4.98 Å². The Bertz CT molecular complexity index is 767. The van der Waals surface area contributed by atoms with Crippen molar-refractivity contribution in [2.75, 3.05) is 5.73 Å². The Morgan fingerprint density at radius 3 is 2.86 bits per heavy atom. The third kappa shape index (κ3) is 3.01. The number of thioether (sulfide) groups is 1. The van der Waals surface area contributed by atoms with E-state index in [1.54, 1.807) is 10.6 Å². The van der Waals surface area contributed by atoms with Crippen LogP contribution in [0.5, 0.6) is 0 Å². The Balaban J connectivity index is 1.70. The zero-order valence-electron chi connectivity index (χ0n) is 11.7. The van der Waals surface area contributed by atoms with E-state index in [9.17, 15) is 0 Å². The topological polar surface area (TPSA) is 95.7 Å². The molecule has 0 atom stereocenters. The van der Waals surface area contributed by atoms with E-state index in [4.69, 9.17) is 10.3 Å². The van der Waals surface area contributed by atoms with Gasteiger partial charge in [-0.3, -0.25) is 4.57 Å². The molecule has 0 bridgehead atoms. The predicted molar refractivity (Wildman–Crippen MR) is 83.9 cm³/mol. The van der Waals surface area contributed by atoms with Crippen LogP contribution in [-0.4, -0.2) is 24.9 Å². The lowest BCUT2D eigenvalue weighted by Gasteiger charge is -2.02. The van der Waals surface area contributed by atoms with Gasteiger partial charge in [0, 0.05) is 12.1 Å². The molecule has 0 aliphatic carbocycles. The number of hydrogen-bond acceptors (Lipinski definition) is 7. The number of rotatable bonds is 6. The number of allylic oxidation sites excluding steroid dienone is 1. The maximum Gasteiger partial charge on any atom is 0.237 e. The summed E-state index contributed by atoms with van der Waals surface area (Å²) in [4.78, 5) is 4.37. The monoisotopic (exact) mass is 314 g/mol. The van der Waals surface area contributed by atoms with Crippen molar-refractivity contribution >= 4 is 17.7 Å². The van der Waals surface area contributed by atoms with Crippen molar-refractivity contribution in [2.24, 2.45) is 0 Å². The fourth-order valence-corrected chi connectivity index (χ4v) is 2.64. The fourth-order valence-electron chi connectivity index (χ4n) is 1.85. The van der Waals surface area contributed by atoms with E-state index >= 15 is 0 Å². The van der Waals surface area contributed by atoms with E-state index in [1.807, 2.05) is 30.3 Å². The van der Waals surface area contributed by atoms with Crippen molar-refractivity contribution in [3.8, 4) is 11.4 Å². The van der Waals surface area contributed by atoms with Crippen molar-refractivity contribution in [1.29, 1.82) is 0 Å². The molecule has 0 unspecified atom stereocenters. The van der Waals surface area contributed by atoms with E-state index in [2.05, 4.69) is 26.9 Å². The lowest BCUT2D eigenvalue weighted by atomic mass is 10.2. The molecule has 2 N–H and O–H groups in total. The normalized spacial score (nSPS) is 10.7. The summed E-state index contributed by atoms with van der Waals surface area (Å²) in [5.74, 6) is 1.95. The van der Waals surface area contributed by atoms with Gasteiger partial charge < -0.3 is 10.3 Å². The molecule has 0 saturated heterocycles. The Morgan fingerprint density at radius 2 is 2.09 bits per heavy atom. The summed E-state index contributed by atoms with van der Waals surface area (Å²) in [5.41, 5.74) is 6.67. The molecule has 3 rings (SSSR count). The average Bonchev–Trinajstić information content (AvgIpc) is 3.15. The van der Waals surface area contributed by atoms with Crippen LogP contribution in [0.25, 0.3) is 11.4 Å². The highest BCUT2D eigenvalue weighted by Gasteiger charge is 2.13. The Kier molecular flexibility index (Phi) is 4.19. The van der Waals surface area contributed by atoms with Gasteiger partial charge in [0.25, 0.3) is 0 Å². The van der Waals surface area contributed by atoms with Gasteiger partial charge in [-0.1, -0.05) is 53.3 Å². The number of nitrogens with two attached hydrogens (primary N) is 1. The first-order valence-corrected chi connectivity index (χ1v) is 7.57. The molecule has 112 valence electrons. The molecule has 3 aromatic rings. The van der Waals surface area contributed by atoms with E-state index in [1.165, 1.54) is 11.8 Å². The zero-order chi connectivity index (χ0) is 15.4. The minimum atomic E-state index is 0.359. The van der Waals surface area contributed by atoms with E-state index in [-0.39, 0.29) is 0 Å². The number of hydrogen-bond donors (Lipinski definition) is 1. The molecule has 7 nitrogen and oxygen atoms in total. The Morgan fingerprint density at radius 1 is 1.27 bits per heavy atom. The van der Waals surface area contributed by atoms with E-state index in [0.29, 0.717) is 35.1 Å². The van der Waals surface area contributed by atoms with Crippen molar-refractivity contribution in [2.45, 2.75) is 17.5 Å². The Labute approximate surface area is 131 Å². The first-order valence-electron chi connectivity index (χ1n) is 6.58. The van der Waals surface area contributed by atoms with Crippen LogP contribution in [0.4, 0.5) is 5.95 Å². The third-order valence-corrected chi connectivity index (χ3v) is 3.83. The molecule has 0 aliphatic rings. The highest BCUT2D eigenvalue weighted by Crippen LogP contribution is 2.23. The van der Waals surface area contributed by atoms with Gasteiger partial charge in [0.15, 0.2) is 5.16 Å². The predicted octanol–water partition coefficient (Wildman–Crippen LogP) is 2.39. The summed E-state index contributed by atoms with van der Waals surface area (Å²) >= 11 is 1.43. The molecule has 0 fully saturated rings. The molecule has 8 heteroatoms. The molecule has 2 aromatic heterocycles. The number of aromatic nitrogens is 5. The van der Waals surface area contributed by atoms with Crippen LogP contribution in [0, 0.1) is 0 Å². The first-order chi connectivity index (χ1) is 10.8. The number of nitrogens with zero attached hydrogens (tertiary/aromatic N) is 5. The first kappa shape index (κ1) is 14.3. The van der Waals surface area contributed by atoms with Gasteiger partial charge in [-0.25, -0.2) is 0 Å². The van der Waals surface area contributed by atoms with Crippen molar-refractivity contribution in [3.05, 3.63) is 48.9 Å². The highest BCUT2D eigenvalue weighted by atomic mass is 32.2. The molecule has 0 saturated carbocycles. The van der Waals surface area contributed by atoms with Crippen molar-refractivity contribution in [3.63, 3.8) is 0 Å². The minimum Gasteiger partial charge on any atom is -0.368 e. The smallest absolute Gasteiger partial charge is 0.237 e. The maximum absolute atomic E-state index is 5.75. The van der Waals surface area contributed by atoms with Crippen LogP contribution in [0.3, 0.4) is 0 Å². The Hall–Kier alpha value is -2.61. The molecule has 22 heavy (non-hydrogen) atoms. The molecule has 1 aromatic carbocycles. The summed E-state index contributed by atoms with van der Waals surface area (Å²) in [7, 11) is 0. The molecule has 2 heterocycles. The zero-order valence-corrected chi connectivity index (χ0v) is 12.5. The largest absolute Gasteiger partial charge is 0.368 e. The minimum absolute atomic E-state index is 0.359. The van der Waals surface area contributed by atoms with Gasteiger partial charge in [-0.15, -0.1) is 16.8 Å². The molecule has 0 radical (unpaired) electrons. The maximum atomic E-state index is 5.75. The standard InChI is InChI=1S/C14H14N6OS/c1-2-8-20-13(15)17-18-14(20)22-9-11-16-12(19-21-11)10-6-4-3-5-7-10/h2-7H,1,8-9H2,(H2,15,17). The van der Waals surface area contributed by atoms with Crippen molar-refractivity contribution in [1.82, 2.24) is 24.9 Å². The van der Waals surface area contributed by atoms with Crippen LogP contribution in [-0.2, 0) is 12.3 Å². The van der Waals surface area contributed by atoms with Crippen LogP contribution in [0.1, 0.15) is 5.89 Å². The summed E-state index contributed by atoms with van der Waals surface area (Å²) < 4.78 is 7.03. The summed E-state index contributed by atoms with van der Waals surface area (Å²) in [6.45, 7) is 4.25. The van der Waals surface area contributed by atoms with Gasteiger partial charge in [0.05, 0.1) is 5.75 Å². The SMILES string of the molecule is C=CCn1c(N)nnc1SCc1nc(-c2ccccc2)no1. The fraction of sp³-hybridized carbons (Fsp3) is 0.143. The average molecular weight is 314 g/mol. The number of nitrogen functional groups attached to an aromatic ring is 1. The molecule has 0 aliphatic heterocycles. The summed E-state index contributed by atoms with van der Waals surface area (Å²) in [6.07, 6.45) is 1.74. The van der Waals surface area contributed by atoms with Gasteiger partial charge in [0.1, 0.15) is 0 Å². The lowest BCUT2D eigenvalue weighted by molar-refractivity contribution is 0.391. The molecular weight excluding hydrogens is 300 g/mol. The van der Waals surface area contributed by atoms with Gasteiger partial charge in [-0.05, 0) is 0 Å². The second kappa shape index (κ2) is 6.44. The van der Waals surface area contributed by atoms with E-state index < -0.39 is 0 Å². The number of anilines is 1. The quantitative estimate of drug-likeness (QED) is 0.551. The third-order valence-electron chi connectivity index (χ3n) is 2.88. The van der Waals surface area contributed by atoms with Gasteiger partial charge in [0.2, 0.25) is 17.7 Å². The second-order valence-corrected chi connectivity index (χ2v) is 5.35. The second-order valence-electron chi connectivity index (χ2n) is 4.41. The van der Waals surface area contributed by atoms with Crippen LogP contribution in [0.15, 0.2) is 52.7 Å². The summed E-state index contributed by atoms with van der Waals surface area (Å²) in [5, 5.41) is 12.6. The molecular formula is C14H14N6OS. The highest BCUT2D eigenvalue weighted by molar-refractivity contribution is 7.98. The lowest BCUT2D eigenvalue weighted by Crippen LogP contribution is -2.03. The van der Waals surface area contributed by atoms with Gasteiger partial charge >= 0.3 is 0 Å². The van der Waals surface area contributed by atoms with Crippen LogP contribution < -0.4 is 5.73 Å². The molecule has 0 spiro atoms. The number of benzene rings is 1. The summed E-state index contributed by atoms with van der Waals surface area (Å²) in [6, 6.07) is 9.67. The molecule has 0 amide bonds.